The predicted octanol–water partition coefficient (Wildman–Crippen LogP) is 5.14. The summed E-state index contributed by atoms with van der Waals surface area (Å²) in [5, 5.41) is 38.9. The normalized spacial score (nSPS) is 10.4. The summed E-state index contributed by atoms with van der Waals surface area (Å²) in [6, 6.07) is 15.8. The number of hydrogen-bond acceptors (Lipinski definition) is 8. The molecule has 0 aliphatic carbocycles. The van der Waals surface area contributed by atoms with Gasteiger partial charge in [-0.15, -0.1) is 0 Å². The Labute approximate surface area is 265 Å². The maximum Gasteiger partial charge on any atom is 2.00 e. The largest absolute Gasteiger partial charge is 2.00 e. The van der Waals surface area contributed by atoms with Gasteiger partial charge in [-0.05, 0) is 98.2 Å². The number of nitrogens with zero attached hydrogens (tertiary/aromatic N) is 2. The van der Waals surface area contributed by atoms with E-state index in [0.29, 0.717) is 11.5 Å². The number of phenols is 2. The number of hydrogen-bond donors (Lipinski definition) is 2. The minimum absolute atomic E-state index is 0. The molecule has 0 amide bonds. The number of benzene rings is 3. The van der Waals surface area contributed by atoms with Gasteiger partial charge in [-0.25, -0.2) is 0 Å². The molecule has 3 aromatic carbocycles. The van der Waals surface area contributed by atoms with Crippen molar-refractivity contribution in [3.8, 4) is 11.5 Å². The van der Waals surface area contributed by atoms with Gasteiger partial charge in [-0.1, -0.05) is 52.7 Å². The zero-order valence-electron chi connectivity index (χ0n) is 25.8. The maximum atomic E-state index is 10.6. The van der Waals surface area contributed by atoms with E-state index in [0.717, 1.165) is 86.0 Å². The van der Waals surface area contributed by atoms with Crippen LogP contribution in [0.25, 0.3) is 0 Å². The summed E-state index contributed by atoms with van der Waals surface area (Å²) in [4.78, 5) is 26.9. The fraction of sp³-hybridized carbons (Fsp3) is 0.353. The predicted molar refractivity (Wildman–Crippen MR) is 165 cm³/mol. The second-order valence-corrected chi connectivity index (χ2v) is 9.61. The molecule has 1 radical (unpaired) electrons. The molecule has 0 saturated carbocycles. The molecule has 0 saturated heterocycles. The summed E-state index contributed by atoms with van der Waals surface area (Å²) in [6.45, 7) is 10.4. The molecule has 0 atom stereocenters. The van der Waals surface area contributed by atoms with Crippen molar-refractivity contribution in [3.63, 3.8) is 0 Å². The van der Waals surface area contributed by atoms with Crippen molar-refractivity contribution >= 4 is 35.7 Å². The summed E-state index contributed by atoms with van der Waals surface area (Å²) in [5.41, 5.74) is 7.43. The molecule has 0 spiro atoms. The molecule has 8 nitrogen and oxygen atoms in total. The number of carbonyl (C=O) groups is 2. The van der Waals surface area contributed by atoms with E-state index in [1.807, 2.05) is 50.2 Å². The Bertz CT molecular complexity index is 1260. The van der Waals surface area contributed by atoms with Crippen LogP contribution in [0.3, 0.4) is 0 Å². The summed E-state index contributed by atoms with van der Waals surface area (Å²) in [6.07, 6.45) is 9.13. The summed E-state index contributed by atoms with van der Waals surface area (Å²) in [5.74, 6) is -1.55. The Morgan fingerprint density at radius 2 is 0.977 bits per heavy atom. The maximum absolute atomic E-state index is 10.6. The molecule has 2 N–H and O–H groups in total. The molecule has 233 valence electrons. The van der Waals surface area contributed by atoms with Crippen LogP contribution in [0.15, 0.2) is 58.5 Å². The number of aryl methyl sites for hydroxylation is 4. The van der Waals surface area contributed by atoms with E-state index in [4.69, 9.17) is 19.8 Å². The van der Waals surface area contributed by atoms with Gasteiger partial charge in [-0.3, -0.25) is 9.98 Å². The van der Waals surface area contributed by atoms with E-state index in [1.165, 1.54) is 11.1 Å². The topological polar surface area (TPSA) is 145 Å². The monoisotopic (exact) mass is 633 g/mol. The number of carboxylic acids is 2. The van der Waals surface area contributed by atoms with E-state index < -0.39 is 11.9 Å². The Kier molecular flexibility index (Phi) is 18.9. The molecule has 43 heavy (non-hydrogen) atoms. The zero-order valence-corrected chi connectivity index (χ0v) is 26.8. The molecule has 0 fully saturated rings. The SMILES string of the molecule is CC(=O)[O-].CC(=O)[O-].CCCc1cc(C=Nc2ccc(N=Cc3cc(CCC)cc(CC)c3O)cc2)c(O)c(CC)c1.[Co+2]. The molecular weight excluding hydrogens is 591 g/mol. The first-order valence-electron chi connectivity index (χ1n) is 14.2. The van der Waals surface area contributed by atoms with Crippen molar-refractivity contribution in [1.82, 2.24) is 0 Å². The minimum atomic E-state index is -1.08. The summed E-state index contributed by atoms with van der Waals surface area (Å²) >= 11 is 0. The Hall–Kier alpha value is -3.95. The van der Waals surface area contributed by atoms with Crippen LogP contribution in [0, 0.1) is 0 Å². The average Bonchev–Trinajstić information content (AvgIpc) is 2.93. The van der Waals surface area contributed by atoms with Gasteiger partial charge in [0.1, 0.15) is 11.5 Å². The smallest absolute Gasteiger partial charge is 0.550 e. The summed E-state index contributed by atoms with van der Waals surface area (Å²) < 4.78 is 0. The Morgan fingerprint density at radius 1 is 0.674 bits per heavy atom. The molecule has 0 aromatic heterocycles. The number of carboxylic acid groups (broad SMARTS) is 2. The molecule has 3 rings (SSSR count). The van der Waals surface area contributed by atoms with Gasteiger partial charge in [0.2, 0.25) is 0 Å². The van der Waals surface area contributed by atoms with Crippen molar-refractivity contribution in [2.75, 3.05) is 0 Å². The van der Waals surface area contributed by atoms with Crippen LogP contribution in [-0.4, -0.2) is 34.6 Å². The second-order valence-electron chi connectivity index (χ2n) is 9.61. The van der Waals surface area contributed by atoms with Crippen molar-refractivity contribution in [2.24, 2.45) is 9.98 Å². The van der Waals surface area contributed by atoms with Gasteiger partial charge >= 0.3 is 16.8 Å². The van der Waals surface area contributed by atoms with Crippen LogP contribution in [-0.2, 0) is 52.1 Å². The molecule has 0 aliphatic heterocycles. The van der Waals surface area contributed by atoms with Crippen molar-refractivity contribution in [3.05, 3.63) is 81.9 Å². The molecule has 0 unspecified atom stereocenters. The number of aliphatic carboxylic acids is 2. The second kappa shape index (κ2) is 20.8. The number of aliphatic imine (C=N–C) groups is 2. The van der Waals surface area contributed by atoms with E-state index in [2.05, 4.69) is 36.0 Å². The van der Waals surface area contributed by atoms with Gasteiger partial charge in [0.05, 0.1) is 11.4 Å². The minimum Gasteiger partial charge on any atom is -0.550 e. The fourth-order valence-corrected chi connectivity index (χ4v) is 4.09. The van der Waals surface area contributed by atoms with Crippen molar-refractivity contribution in [2.45, 2.75) is 80.1 Å². The summed E-state index contributed by atoms with van der Waals surface area (Å²) in [7, 11) is 0. The van der Waals surface area contributed by atoms with Crippen LogP contribution < -0.4 is 10.2 Å². The van der Waals surface area contributed by atoms with Gasteiger partial charge in [0.25, 0.3) is 0 Å². The van der Waals surface area contributed by atoms with Crippen LogP contribution in [0.2, 0.25) is 0 Å². The molecule has 0 bridgehead atoms. The molecule has 0 heterocycles. The van der Waals surface area contributed by atoms with Crippen molar-refractivity contribution < 1.29 is 46.8 Å². The standard InChI is InChI=1S/C30H36N2O2.2C2H4O2.Co/c1-5-9-21-15-23(7-3)29(33)25(17-21)19-31-27-11-13-28(14-12-27)32-20-26-18-22(10-6-2)16-24(8-4)30(26)34;2*1-2(3)4;/h11-20,33-34H,5-10H2,1-4H3;2*1H3,(H,3,4);/q;;;+2/p-2. The first-order valence-corrected chi connectivity index (χ1v) is 14.2. The van der Waals surface area contributed by atoms with E-state index in [9.17, 15) is 10.2 Å². The van der Waals surface area contributed by atoms with E-state index in [-0.39, 0.29) is 16.8 Å². The van der Waals surface area contributed by atoms with Crippen LogP contribution in [0.4, 0.5) is 11.4 Å². The first-order chi connectivity index (χ1) is 19.9. The Balaban J connectivity index is 0.00000174. The van der Waals surface area contributed by atoms with Crippen LogP contribution >= 0.6 is 0 Å². The number of carbonyl (C=O) groups excluding carboxylic acids is 2. The number of phenolic OH excluding ortho intramolecular Hbond substituents is 2. The molecule has 0 aliphatic rings. The fourth-order valence-electron chi connectivity index (χ4n) is 4.09. The van der Waals surface area contributed by atoms with E-state index in [1.54, 1.807) is 12.4 Å². The van der Waals surface area contributed by atoms with Gasteiger partial charge in [0.15, 0.2) is 0 Å². The van der Waals surface area contributed by atoms with Gasteiger partial charge in [0, 0.05) is 35.5 Å². The van der Waals surface area contributed by atoms with Crippen LogP contribution in [0.1, 0.15) is 87.8 Å². The molecular formula is C34H42CoN2O6. The number of rotatable bonds is 10. The number of aromatic hydroxyl groups is 2. The van der Waals surface area contributed by atoms with Gasteiger partial charge in [-0.2, -0.15) is 0 Å². The van der Waals surface area contributed by atoms with E-state index >= 15 is 0 Å². The average molecular weight is 634 g/mol. The van der Waals surface area contributed by atoms with Crippen LogP contribution in [0.5, 0.6) is 11.5 Å². The molecule has 9 heteroatoms. The third-order valence-corrected chi connectivity index (χ3v) is 5.95. The Morgan fingerprint density at radius 3 is 1.23 bits per heavy atom. The first kappa shape index (κ1) is 39.0. The van der Waals surface area contributed by atoms with Gasteiger partial charge < -0.3 is 30.0 Å². The molecule has 3 aromatic rings. The third kappa shape index (κ3) is 14.7. The quantitative estimate of drug-likeness (QED) is 0.296. The third-order valence-electron chi connectivity index (χ3n) is 5.95. The van der Waals surface area contributed by atoms with Crippen molar-refractivity contribution in [1.29, 1.82) is 0 Å². The zero-order chi connectivity index (χ0) is 31.7.